The number of carbonyl (C=O) groups excluding carboxylic acids is 1. The molecule has 5 nitrogen and oxygen atoms in total. The second-order valence-electron chi connectivity index (χ2n) is 5.67. The van der Waals surface area contributed by atoms with Gasteiger partial charge in [-0.1, -0.05) is 32.0 Å². The molecule has 1 aromatic heterocycles. The highest BCUT2D eigenvalue weighted by atomic mass is 19.1. The molecule has 0 aliphatic rings. The van der Waals surface area contributed by atoms with Gasteiger partial charge in [-0.3, -0.25) is 4.79 Å². The van der Waals surface area contributed by atoms with E-state index >= 15 is 0 Å². The first-order valence-corrected chi connectivity index (χ1v) is 7.64. The van der Waals surface area contributed by atoms with Crippen LogP contribution in [0.5, 0.6) is 0 Å². The van der Waals surface area contributed by atoms with Gasteiger partial charge in [0.1, 0.15) is 5.82 Å². The molecule has 0 aliphatic heterocycles. The Hall–Kier alpha value is -2.50. The first kappa shape index (κ1) is 16.9. The van der Waals surface area contributed by atoms with Gasteiger partial charge in [-0.05, 0) is 24.0 Å². The van der Waals surface area contributed by atoms with Crippen LogP contribution in [0, 0.1) is 11.7 Å². The number of anilines is 1. The minimum atomic E-state index is -0.215. The highest BCUT2D eigenvalue weighted by Crippen LogP contribution is 2.07. The van der Waals surface area contributed by atoms with Crippen LogP contribution in [0.25, 0.3) is 0 Å². The molecule has 122 valence electrons. The summed E-state index contributed by atoms with van der Waals surface area (Å²) in [6, 6.07) is 6.66. The summed E-state index contributed by atoms with van der Waals surface area (Å²) >= 11 is 0. The standard InChI is InChI=1S/C17H21FN4O/c1-12(2)9-20-16(23)14-10-21-17(22-11-14)19-8-7-13-5-3-4-6-15(13)18/h3-6,10-12H,7-9H2,1-2H3,(H,20,23)(H,19,21,22). The fourth-order valence-corrected chi connectivity index (χ4v) is 1.95. The second-order valence-corrected chi connectivity index (χ2v) is 5.67. The van der Waals surface area contributed by atoms with Crippen molar-refractivity contribution in [2.24, 2.45) is 5.92 Å². The SMILES string of the molecule is CC(C)CNC(=O)c1cnc(NCCc2ccccc2F)nc1. The van der Waals surface area contributed by atoms with Gasteiger partial charge in [-0.25, -0.2) is 14.4 Å². The van der Waals surface area contributed by atoms with Gasteiger partial charge >= 0.3 is 0 Å². The van der Waals surface area contributed by atoms with Crippen LogP contribution in [-0.2, 0) is 6.42 Å². The number of halogens is 1. The Morgan fingerprint density at radius 2 is 1.91 bits per heavy atom. The lowest BCUT2D eigenvalue weighted by Crippen LogP contribution is -2.27. The molecule has 23 heavy (non-hydrogen) atoms. The molecular formula is C17H21FN4O. The van der Waals surface area contributed by atoms with Crippen molar-refractivity contribution in [2.45, 2.75) is 20.3 Å². The van der Waals surface area contributed by atoms with Gasteiger partial charge in [-0.2, -0.15) is 0 Å². The quantitative estimate of drug-likeness (QED) is 0.824. The lowest BCUT2D eigenvalue weighted by molar-refractivity contribution is 0.0948. The van der Waals surface area contributed by atoms with Crippen molar-refractivity contribution in [1.82, 2.24) is 15.3 Å². The van der Waals surface area contributed by atoms with Gasteiger partial charge in [0, 0.05) is 25.5 Å². The highest BCUT2D eigenvalue weighted by Gasteiger charge is 2.07. The molecule has 0 saturated heterocycles. The van der Waals surface area contributed by atoms with E-state index in [4.69, 9.17) is 0 Å². The van der Waals surface area contributed by atoms with Crippen LogP contribution in [0.4, 0.5) is 10.3 Å². The second kappa shape index (κ2) is 8.22. The van der Waals surface area contributed by atoms with Gasteiger partial charge in [0.15, 0.2) is 0 Å². The molecule has 0 fully saturated rings. The molecule has 0 aliphatic carbocycles. The molecule has 2 rings (SSSR count). The molecule has 0 spiro atoms. The number of nitrogens with one attached hydrogen (secondary N) is 2. The summed E-state index contributed by atoms with van der Waals surface area (Å²) in [6.45, 7) is 5.18. The third-order valence-electron chi connectivity index (χ3n) is 3.22. The van der Waals surface area contributed by atoms with Gasteiger partial charge in [0.25, 0.3) is 5.91 Å². The lowest BCUT2D eigenvalue weighted by atomic mass is 10.1. The van der Waals surface area contributed by atoms with Gasteiger partial charge in [0.2, 0.25) is 5.95 Å². The lowest BCUT2D eigenvalue weighted by Gasteiger charge is -2.08. The molecule has 2 N–H and O–H groups in total. The maximum Gasteiger partial charge on any atom is 0.254 e. The third kappa shape index (κ3) is 5.32. The van der Waals surface area contributed by atoms with Crippen molar-refractivity contribution in [1.29, 1.82) is 0 Å². The Kier molecular flexibility index (Phi) is 6.02. The molecule has 2 aromatic rings. The summed E-state index contributed by atoms with van der Waals surface area (Å²) in [4.78, 5) is 20.1. The van der Waals surface area contributed by atoms with E-state index in [2.05, 4.69) is 20.6 Å². The minimum Gasteiger partial charge on any atom is -0.354 e. The predicted molar refractivity (Wildman–Crippen MR) is 87.8 cm³/mol. The molecule has 1 aromatic carbocycles. The number of hydrogen-bond donors (Lipinski definition) is 2. The van der Waals surface area contributed by atoms with E-state index in [0.717, 1.165) is 0 Å². The van der Waals surface area contributed by atoms with Gasteiger partial charge in [-0.15, -0.1) is 0 Å². The van der Waals surface area contributed by atoms with E-state index < -0.39 is 0 Å². The summed E-state index contributed by atoms with van der Waals surface area (Å²) in [7, 11) is 0. The van der Waals surface area contributed by atoms with E-state index in [0.29, 0.717) is 42.5 Å². The van der Waals surface area contributed by atoms with E-state index in [1.54, 1.807) is 18.2 Å². The van der Waals surface area contributed by atoms with Crippen LogP contribution >= 0.6 is 0 Å². The highest BCUT2D eigenvalue weighted by molar-refractivity contribution is 5.93. The Bertz CT molecular complexity index is 643. The van der Waals surface area contributed by atoms with E-state index in [1.165, 1.54) is 18.5 Å². The Morgan fingerprint density at radius 3 is 2.57 bits per heavy atom. The summed E-state index contributed by atoms with van der Waals surface area (Å²) in [5.74, 6) is 0.407. The Morgan fingerprint density at radius 1 is 1.22 bits per heavy atom. The minimum absolute atomic E-state index is 0.184. The summed E-state index contributed by atoms with van der Waals surface area (Å²) in [6.07, 6.45) is 3.49. The van der Waals surface area contributed by atoms with Crippen LogP contribution in [0.15, 0.2) is 36.7 Å². The van der Waals surface area contributed by atoms with Crippen LogP contribution in [0.3, 0.4) is 0 Å². The van der Waals surface area contributed by atoms with Crippen molar-refractivity contribution in [3.63, 3.8) is 0 Å². The van der Waals surface area contributed by atoms with E-state index in [1.807, 2.05) is 13.8 Å². The maximum atomic E-state index is 13.5. The molecule has 0 bridgehead atoms. The fraction of sp³-hybridized carbons (Fsp3) is 0.353. The predicted octanol–water partition coefficient (Wildman–Crippen LogP) is 2.66. The van der Waals surface area contributed by atoms with Crippen LogP contribution in [0.2, 0.25) is 0 Å². The van der Waals surface area contributed by atoms with E-state index in [-0.39, 0.29) is 11.7 Å². The molecule has 0 atom stereocenters. The summed E-state index contributed by atoms with van der Waals surface area (Å²) in [5.41, 5.74) is 1.06. The third-order valence-corrected chi connectivity index (χ3v) is 3.22. The van der Waals surface area contributed by atoms with Crippen molar-refractivity contribution in [2.75, 3.05) is 18.4 Å². The summed E-state index contributed by atoms with van der Waals surface area (Å²) < 4.78 is 13.5. The number of carbonyl (C=O) groups is 1. The molecule has 1 amide bonds. The molecular weight excluding hydrogens is 295 g/mol. The van der Waals surface area contributed by atoms with E-state index in [9.17, 15) is 9.18 Å². The Balaban J connectivity index is 1.83. The van der Waals surface area contributed by atoms with Crippen molar-refractivity contribution < 1.29 is 9.18 Å². The van der Waals surface area contributed by atoms with Gasteiger partial charge in [0.05, 0.1) is 5.56 Å². The summed E-state index contributed by atoms with van der Waals surface area (Å²) in [5, 5.41) is 5.82. The van der Waals surface area contributed by atoms with Crippen LogP contribution < -0.4 is 10.6 Å². The zero-order valence-corrected chi connectivity index (χ0v) is 13.3. The number of aromatic nitrogens is 2. The number of nitrogens with zero attached hydrogens (tertiary/aromatic N) is 2. The zero-order valence-electron chi connectivity index (χ0n) is 13.3. The first-order valence-electron chi connectivity index (χ1n) is 7.64. The van der Waals surface area contributed by atoms with Crippen molar-refractivity contribution >= 4 is 11.9 Å². The van der Waals surface area contributed by atoms with Gasteiger partial charge < -0.3 is 10.6 Å². The Labute approximate surface area is 135 Å². The van der Waals surface area contributed by atoms with Crippen LogP contribution in [-0.4, -0.2) is 29.0 Å². The zero-order chi connectivity index (χ0) is 16.7. The first-order chi connectivity index (χ1) is 11.1. The molecule has 0 unspecified atom stereocenters. The molecule has 1 heterocycles. The van der Waals surface area contributed by atoms with Crippen molar-refractivity contribution in [3.05, 3.63) is 53.6 Å². The number of hydrogen-bond acceptors (Lipinski definition) is 4. The number of amides is 1. The molecule has 0 saturated carbocycles. The normalized spacial score (nSPS) is 10.6. The maximum absolute atomic E-state index is 13.5. The monoisotopic (exact) mass is 316 g/mol. The smallest absolute Gasteiger partial charge is 0.254 e. The van der Waals surface area contributed by atoms with Crippen LogP contribution in [0.1, 0.15) is 29.8 Å². The van der Waals surface area contributed by atoms with Crippen molar-refractivity contribution in [3.8, 4) is 0 Å². The molecule has 0 radical (unpaired) electrons. The fourth-order valence-electron chi connectivity index (χ4n) is 1.95. The number of rotatable bonds is 7. The molecule has 6 heteroatoms. The average molecular weight is 316 g/mol. The topological polar surface area (TPSA) is 66.9 Å². The largest absolute Gasteiger partial charge is 0.354 e. The number of benzene rings is 1. The average Bonchev–Trinajstić information content (AvgIpc) is 2.55.